The molecule has 0 unspecified atom stereocenters. The van der Waals surface area contributed by atoms with Crippen molar-refractivity contribution in [1.29, 1.82) is 0 Å². The Bertz CT molecular complexity index is 1140. The van der Waals surface area contributed by atoms with Gasteiger partial charge in [0, 0.05) is 45.3 Å². The van der Waals surface area contributed by atoms with E-state index in [2.05, 4.69) is 14.9 Å². The minimum atomic E-state index is -0.544. The molecule has 1 aliphatic rings. The molecule has 29 heavy (non-hydrogen) atoms. The van der Waals surface area contributed by atoms with Crippen LogP contribution < -0.4 is 16.1 Å². The number of aromatic amines is 1. The molecule has 154 valence electrons. The minimum absolute atomic E-state index is 0.100. The fourth-order valence-corrected chi connectivity index (χ4v) is 3.72. The summed E-state index contributed by atoms with van der Waals surface area (Å²) in [6.45, 7) is 3.59. The fourth-order valence-electron chi connectivity index (χ4n) is 3.72. The highest BCUT2D eigenvalue weighted by Gasteiger charge is 2.25. The summed E-state index contributed by atoms with van der Waals surface area (Å²) in [7, 11) is 1.55. The summed E-state index contributed by atoms with van der Waals surface area (Å²) in [5, 5.41) is 9.14. The van der Waals surface area contributed by atoms with Crippen LogP contribution in [0.25, 0.3) is 11.2 Å². The number of hydrogen-bond donors (Lipinski definition) is 2. The van der Waals surface area contributed by atoms with E-state index in [0.29, 0.717) is 31.1 Å². The zero-order chi connectivity index (χ0) is 20.5. The van der Waals surface area contributed by atoms with E-state index < -0.39 is 11.2 Å². The second-order valence-corrected chi connectivity index (χ2v) is 7.13. The number of fused-ring (bicyclic) bond motifs is 1. The van der Waals surface area contributed by atoms with E-state index in [-0.39, 0.29) is 30.1 Å². The van der Waals surface area contributed by atoms with Crippen molar-refractivity contribution >= 4 is 17.1 Å². The Hall–Kier alpha value is -2.98. The first-order valence-corrected chi connectivity index (χ1v) is 9.50. The monoisotopic (exact) mass is 402 g/mol. The first kappa shape index (κ1) is 19.3. The van der Waals surface area contributed by atoms with Gasteiger partial charge < -0.3 is 10.0 Å². The van der Waals surface area contributed by atoms with E-state index in [1.165, 1.54) is 10.6 Å². The Labute approximate surface area is 165 Å². The SMILES string of the molecule is Cn1c(=O)[nH]c(=O)c2c1nc(N1CCN(CCO)CC1)n2Cc1ccccc1F. The number of benzene rings is 1. The molecule has 1 fully saturated rings. The molecule has 3 heterocycles. The van der Waals surface area contributed by atoms with E-state index in [0.717, 1.165) is 13.1 Å². The number of aromatic nitrogens is 4. The van der Waals surface area contributed by atoms with E-state index in [4.69, 9.17) is 5.11 Å². The molecule has 10 heteroatoms. The summed E-state index contributed by atoms with van der Waals surface area (Å²) in [4.78, 5) is 35.7. The zero-order valence-corrected chi connectivity index (χ0v) is 16.1. The van der Waals surface area contributed by atoms with Crippen molar-refractivity contribution in [1.82, 2.24) is 24.0 Å². The summed E-state index contributed by atoms with van der Waals surface area (Å²) in [6.07, 6.45) is 0. The van der Waals surface area contributed by atoms with Crippen molar-refractivity contribution in [2.24, 2.45) is 7.05 Å². The third-order valence-electron chi connectivity index (χ3n) is 5.34. The predicted octanol–water partition coefficient (Wildman–Crippen LogP) is -0.275. The van der Waals surface area contributed by atoms with Crippen molar-refractivity contribution in [3.63, 3.8) is 0 Å². The Morgan fingerprint density at radius 2 is 1.90 bits per heavy atom. The maximum atomic E-state index is 14.3. The average molecular weight is 402 g/mol. The van der Waals surface area contributed by atoms with Gasteiger partial charge in [-0.25, -0.2) is 9.18 Å². The summed E-state index contributed by atoms with van der Waals surface area (Å²) >= 11 is 0. The molecule has 0 radical (unpaired) electrons. The van der Waals surface area contributed by atoms with Gasteiger partial charge in [-0.3, -0.25) is 23.8 Å². The topological polar surface area (TPSA) is 99.4 Å². The lowest BCUT2D eigenvalue weighted by Crippen LogP contribution is -2.48. The number of aryl methyl sites for hydroxylation is 1. The third kappa shape index (κ3) is 3.56. The highest BCUT2D eigenvalue weighted by molar-refractivity contribution is 5.74. The second kappa shape index (κ2) is 7.80. The van der Waals surface area contributed by atoms with E-state index in [1.54, 1.807) is 29.8 Å². The number of rotatable bonds is 5. The molecule has 0 spiro atoms. The van der Waals surface area contributed by atoms with Crippen molar-refractivity contribution < 1.29 is 9.50 Å². The molecule has 0 atom stereocenters. The van der Waals surface area contributed by atoms with Gasteiger partial charge in [0.05, 0.1) is 13.2 Å². The standard InChI is InChI=1S/C19H23FN6O3/c1-23-16-15(17(28)22-19(23)29)26(12-13-4-2-3-5-14(13)20)18(21-16)25-8-6-24(7-9-25)10-11-27/h2-5,27H,6-12H2,1H3,(H,22,28,29). The molecule has 1 aromatic carbocycles. The second-order valence-electron chi connectivity index (χ2n) is 7.13. The largest absolute Gasteiger partial charge is 0.395 e. The number of hydrogen-bond acceptors (Lipinski definition) is 6. The summed E-state index contributed by atoms with van der Waals surface area (Å²) in [5.74, 6) is 0.160. The van der Waals surface area contributed by atoms with Crippen LogP contribution in [-0.4, -0.2) is 68.4 Å². The van der Waals surface area contributed by atoms with Crippen LogP contribution in [0.3, 0.4) is 0 Å². The number of aliphatic hydroxyl groups is 1. The lowest BCUT2D eigenvalue weighted by atomic mass is 10.2. The first-order valence-electron chi connectivity index (χ1n) is 9.50. The van der Waals surface area contributed by atoms with Crippen molar-refractivity contribution in [2.75, 3.05) is 44.2 Å². The smallest absolute Gasteiger partial charge is 0.329 e. The fraction of sp³-hybridized carbons (Fsp3) is 0.421. The van der Waals surface area contributed by atoms with Crippen LogP contribution in [0.1, 0.15) is 5.56 Å². The van der Waals surface area contributed by atoms with Crippen LogP contribution in [-0.2, 0) is 13.6 Å². The number of imidazole rings is 1. The molecular formula is C19H23FN6O3. The number of nitrogens with one attached hydrogen (secondary N) is 1. The number of aliphatic hydroxyl groups excluding tert-OH is 1. The quantitative estimate of drug-likeness (QED) is 0.609. The molecule has 9 nitrogen and oxygen atoms in total. The lowest BCUT2D eigenvalue weighted by Gasteiger charge is -2.35. The number of β-amino-alcohol motifs (C(OH)–C–C–N with tert-alkyl or cyclic N) is 1. The molecule has 1 aliphatic heterocycles. The van der Waals surface area contributed by atoms with Crippen LogP contribution in [0, 0.1) is 5.82 Å². The van der Waals surface area contributed by atoms with Crippen LogP contribution in [0.5, 0.6) is 0 Å². The van der Waals surface area contributed by atoms with Crippen LogP contribution in [0.15, 0.2) is 33.9 Å². The normalized spacial score (nSPS) is 15.3. The average Bonchev–Trinajstić information content (AvgIpc) is 3.09. The number of halogens is 1. The molecule has 3 aromatic rings. The van der Waals surface area contributed by atoms with Crippen molar-refractivity contribution in [2.45, 2.75) is 6.54 Å². The van der Waals surface area contributed by atoms with Gasteiger partial charge in [0.15, 0.2) is 11.2 Å². The Balaban J connectivity index is 1.82. The van der Waals surface area contributed by atoms with Crippen LogP contribution in [0.4, 0.5) is 10.3 Å². The molecule has 0 aliphatic carbocycles. The molecule has 0 bridgehead atoms. The maximum Gasteiger partial charge on any atom is 0.329 e. The molecule has 4 rings (SSSR count). The molecule has 0 amide bonds. The minimum Gasteiger partial charge on any atom is -0.395 e. The molecular weight excluding hydrogens is 379 g/mol. The maximum absolute atomic E-state index is 14.3. The van der Waals surface area contributed by atoms with Crippen LogP contribution in [0.2, 0.25) is 0 Å². The van der Waals surface area contributed by atoms with E-state index in [9.17, 15) is 14.0 Å². The van der Waals surface area contributed by atoms with Gasteiger partial charge in [-0.15, -0.1) is 0 Å². The lowest BCUT2D eigenvalue weighted by molar-refractivity contribution is 0.188. The highest BCUT2D eigenvalue weighted by atomic mass is 19.1. The summed E-state index contributed by atoms with van der Waals surface area (Å²) < 4.78 is 17.3. The van der Waals surface area contributed by atoms with Gasteiger partial charge in [0.2, 0.25) is 5.95 Å². The Morgan fingerprint density at radius 3 is 2.59 bits per heavy atom. The van der Waals surface area contributed by atoms with Gasteiger partial charge in [0.25, 0.3) is 5.56 Å². The molecule has 1 saturated heterocycles. The summed E-state index contributed by atoms with van der Waals surface area (Å²) in [5.41, 5.74) is -0.152. The van der Waals surface area contributed by atoms with Crippen molar-refractivity contribution in [3.8, 4) is 0 Å². The number of piperazine rings is 1. The first-order chi connectivity index (χ1) is 14.0. The van der Waals surface area contributed by atoms with E-state index >= 15 is 0 Å². The number of anilines is 1. The summed E-state index contributed by atoms with van der Waals surface area (Å²) in [6, 6.07) is 6.40. The van der Waals surface area contributed by atoms with Gasteiger partial charge in [-0.1, -0.05) is 18.2 Å². The molecule has 0 saturated carbocycles. The number of H-pyrrole nitrogens is 1. The Morgan fingerprint density at radius 1 is 1.17 bits per heavy atom. The third-order valence-corrected chi connectivity index (χ3v) is 5.34. The van der Waals surface area contributed by atoms with Crippen LogP contribution >= 0.6 is 0 Å². The highest BCUT2D eigenvalue weighted by Crippen LogP contribution is 2.23. The predicted molar refractivity (Wildman–Crippen MR) is 107 cm³/mol. The molecule has 2 aromatic heterocycles. The van der Waals surface area contributed by atoms with Gasteiger partial charge in [-0.05, 0) is 6.07 Å². The molecule has 2 N–H and O–H groups in total. The van der Waals surface area contributed by atoms with E-state index in [1.807, 2.05) is 4.90 Å². The van der Waals surface area contributed by atoms with Crippen molar-refractivity contribution in [3.05, 3.63) is 56.5 Å². The number of nitrogens with zero attached hydrogens (tertiary/aromatic N) is 5. The van der Waals surface area contributed by atoms with Gasteiger partial charge >= 0.3 is 5.69 Å². The van der Waals surface area contributed by atoms with Gasteiger partial charge in [0.1, 0.15) is 5.82 Å². The Kier molecular flexibility index (Phi) is 5.20. The van der Waals surface area contributed by atoms with Gasteiger partial charge in [-0.2, -0.15) is 4.98 Å². The zero-order valence-electron chi connectivity index (χ0n) is 16.1.